The lowest BCUT2D eigenvalue weighted by molar-refractivity contribution is 0.148. The molecule has 2 aliphatic rings. The van der Waals surface area contributed by atoms with Crippen LogP contribution < -0.4 is 5.32 Å². The van der Waals surface area contributed by atoms with Crippen molar-refractivity contribution in [1.82, 2.24) is 5.32 Å². The summed E-state index contributed by atoms with van der Waals surface area (Å²) < 4.78 is 0. The predicted octanol–water partition coefficient (Wildman–Crippen LogP) is 4.76. The van der Waals surface area contributed by atoms with E-state index in [1.165, 1.54) is 64.3 Å². The topological polar surface area (TPSA) is 12.0 Å². The molecular formula is C17H33N. The van der Waals surface area contributed by atoms with Crippen LogP contribution in [0.15, 0.2) is 0 Å². The normalized spacial score (nSPS) is 32.8. The quantitative estimate of drug-likeness (QED) is 0.695. The Morgan fingerprint density at radius 1 is 1.11 bits per heavy atom. The van der Waals surface area contributed by atoms with E-state index in [1.54, 1.807) is 0 Å². The summed E-state index contributed by atoms with van der Waals surface area (Å²) in [6.07, 6.45) is 13.1. The maximum absolute atomic E-state index is 3.83. The van der Waals surface area contributed by atoms with Gasteiger partial charge in [-0.25, -0.2) is 0 Å². The highest BCUT2D eigenvalue weighted by Crippen LogP contribution is 2.38. The second kappa shape index (κ2) is 6.41. The Labute approximate surface area is 114 Å². The second-order valence-electron chi connectivity index (χ2n) is 7.74. The SMILES string of the molecule is CC1CC(C)(C)CCC1NCCCC1CCCC1. The van der Waals surface area contributed by atoms with Crippen LogP contribution >= 0.6 is 0 Å². The summed E-state index contributed by atoms with van der Waals surface area (Å²) in [6.45, 7) is 8.56. The van der Waals surface area contributed by atoms with Crippen molar-refractivity contribution in [2.45, 2.75) is 84.6 Å². The van der Waals surface area contributed by atoms with Crippen LogP contribution in [0.1, 0.15) is 78.6 Å². The highest BCUT2D eigenvalue weighted by atomic mass is 14.9. The van der Waals surface area contributed by atoms with Crippen molar-refractivity contribution in [3.8, 4) is 0 Å². The summed E-state index contributed by atoms with van der Waals surface area (Å²) in [4.78, 5) is 0. The molecule has 0 amide bonds. The Bertz CT molecular complexity index is 240. The first-order valence-corrected chi connectivity index (χ1v) is 8.30. The van der Waals surface area contributed by atoms with Crippen molar-refractivity contribution in [2.24, 2.45) is 17.3 Å². The Morgan fingerprint density at radius 2 is 1.83 bits per heavy atom. The molecule has 1 N–H and O–H groups in total. The van der Waals surface area contributed by atoms with Crippen LogP contribution in [-0.4, -0.2) is 12.6 Å². The molecular weight excluding hydrogens is 218 g/mol. The van der Waals surface area contributed by atoms with Gasteiger partial charge in [0, 0.05) is 6.04 Å². The molecule has 2 fully saturated rings. The van der Waals surface area contributed by atoms with Gasteiger partial charge in [0.25, 0.3) is 0 Å². The summed E-state index contributed by atoms with van der Waals surface area (Å²) in [6, 6.07) is 0.793. The monoisotopic (exact) mass is 251 g/mol. The number of hydrogen-bond donors (Lipinski definition) is 1. The average Bonchev–Trinajstić information content (AvgIpc) is 2.78. The van der Waals surface area contributed by atoms with Crippen LogP contribution in [0, 0.1) is 17.3 Å². The van der Waals surface area contributed by atoms with Crippen LogP contribution in [0.3, 0.4) is 0 Å². The van der Waals surface area contributed by atoms with Crippen LogP contribution in [0.25, 0.3) is 0 Å². The molecule has 1 heteroatoms. The first-order valence-electron chi connectivity index (χ1n) is 8.30. The molecule has 0 aliphatic heterocycles. The van der Waals surface area contributed by atoms with E-state index in [9.17, 15) is 0 Å². The lowest BCUT2D eigenvalue weighted by Crippen LogP contribution is -2.42. The van der Waals surface area contributed by atoms with Gasteiger partial charge in [-0.3, -0.25) is 0 Å². The fraction of sp³-hybridized carbons (Fsp3) is 1.00. The third-order valence-electron chi connectivity index (χ3n) is 5.36. The first-order chi connectivity index (χ1) is 8.57. The van der Waals surface area contributed by atoms with Crippen molar-refractivity contribution in [3.63, 3.8) is 0 Å². The van der Waals surface area contributed by atoms with Crippen LogP contribution in [0.4, 0.5) is 0 Å². The molecule has 2 rings (SSSR count). The van der Waals surface area contributed by atoms with E-state index in [-0.39, 0.29) is 0 Å². The third kappa shape index (κ3) is 4.26. The molecule has 0 aromatic rings. The van der Waals surface area contributed by atoms with Gasteiger partial charge in [0.15, 0.2) is 0 Å². The molecule has 2 saturated carbocycles. The van der Waals surface area contributed by atoms with Gasteiger partial charge >= 0.3 is 0 Å². The van der Waals surface area contributed by atoms with Crippen molar-refractivity contribution in [1.29, 1.82) is 0 Å². The fourth-order valence-corrected chi connectivity index (χ4v) is 4.23. The molecule has 0 radical (unpaired) electrons. The Hall–Kier alpha value is -0.0400. The summed E-state index contributed by atoms with van der Waals surface area (Å²) in [7, 11) is 0. The minimum Gasteiger partial charge on any atom is -0.314 e. The van der Waals surface area contributed by atoms with Gasteiger partial charge in [0.05, 0.1) is 0 Å². The largest absolute Gasteiger partial charge is 0.314 e. The lowest BCUT2D eigenvalue weighted by Gasteiger charge is -2.39. The lowest BCUT2D eigenvalue weighted by atomic mass is 9.70. The van der Waals surface area contributed by atoms with E-state index < -0.39 is 0 Å². The third-order valence-corrected chi connectivity index (χ3v) is 5.36. The minimum absolute atomic E-state index is 0.585. The maximum Gasteiger partial charge on any atom is 0.00930 e. The summed E-state index contributed by atoms with van der Waals surface area (Å²) >= 11 is 0. The summed E-state index contributed by atoms with van der Waals surface area (Å²) in [5.74, 6) is 1.93. The minimum atomic E-state index is 0.585. The molecule has 0 aromatic heterocycles. The number of nitrogens with one attached hydrogen (secondary N) is 1. The smallest absolute Gasteiger partial charge is 0.00930 e. The highest BCUT2D eigenvalue weighted by Gasteiger charge is 2.31. The standard InChI is InChI=1S/C17H33N/c1-14-13-17(2,3)11-10-16(14)18-12-6-9-15-7-4-5-8-15/h14-16,18H,4-13H2,1-3H3. The van der Waals surface area contributed by atoms with Crippen LogP contribution in [0.5, 0.6) is 0 Å². The molecule has 2 aliphatic carbocycles. The maximum atomic E-state index is 3.83. The molecule has 2 atom stereocenters. The van der Waals surface area contributed by atoms with E-state index in [4.69, 9.17) is 0 Å². The van der Waals surface area contributed by atoms with E-state index in [0.717, 1.165) is 17.9 Å². The fourth-order valence-electron chi connectivity index (χ4n) is 4.23. The van der Waals surface area contributed by atoms with Gasteiger partial charge in [-0.1, -0.05) is 46.5 Å². The zero-order chi connectivity index (χ0) is 13.0. The van der Waals surface area contributed by atoms with Gasteiger partial charge in [0.1, 0.15) is 0 Å². The van der Waals surface area contributed by atoms with Crippen molar-refractivity contribution in [3.05, 3.63) is 0 Å². The first kappa shape index (κ1) is 14.4. The molecule has 1 nitrogen and oxygen atoms in total. The van der Waals surface area contributed by atoms with E-state index >= 15 is 0 Å². The van der Waals surface area contributed by atoms with Gasteiger partial charge < -0.3 is 5.32 Å². The van der Waals surface area contributed by atoms with E-state index in [0.29, 0.717) is 5.41 Å². The van der Waals surface area contributed by atoms with Crippen LogP contribution in [0.2, 0.25) is 0 Å². The number of rotatable bonds is 5. The molecule has 0 bridgehead atoms. The average molecular weight is 251 g/mol. The van der Waals surface area contributed by atoms with Crippen LogP contribution in [-0.2, 0) is 0 Å². The summed E-state index contributed by atoms with van der Waals surface area (Å²) in [5.41, 5.74) is 0.585. The molecule has 2 unspecified atom stereocenters. The zero-order valence-electron chi connectivity index (χ0n) is 12.8. The second-order valence-corrected chi connectivity index (χ2v) is 7.74. The summed E-state index contributed by atoms with van der Waals surface area (Å²) in [5, 5.41) is 3.83. The van der Waals surface area contributed by atoms with Gasteiger partial charge in [-0.05, 0) is 55.9 Å². The van der Waals surface area contributed by atoms with Crippen molar-refractivity contribution in [2.75, 3.05) is 6.54 Å². The zero-order valence-corrected chi connectivity index (χ0v) is 12.8. The van der Waals surface area contributed by atoms with Gasteiger partial charge in [0.2, 0.25) is 0 Å². The number of hydrogen-bond acceptors (Lipinski definition) is 1. The van der Waals surface area contributed by atoms with Crippen molar-refractivity contribution < 1.29 is 0 Å². The highest BCUT2D eigenvalue weighted by molar-refractivity contribution is 4.86. The molecule has 106 valence electrons. The van der Waals surface area contributed by atoms with Gasteiger partial charge in [-0.15, -0.1) is 0 Å². The van der Waals surface area contributed by atoms with Crippen molar-refractivity contribution >= 4 is 0 Å². The Kier molecular flexibility index (Phi) is 5.12. The molecule has 0 heterocycles. The van der Waals surface area contributed by atoms with E-state index in [2.05, 4.69) is 26.1 Å². The molecule has 0 aromatic carbocycles. The molecule has 0 saturated heterocycles. The Balaban J connectivity index is 1.59. The predicted molar refractivity (Wildman–Crippen MR) is 79.8 cm³/mol. The molecule has 18 heavy (non-hydrogen) atoms. The Morgan fingerprint density at radius 3 is 2.50 bits per heavy atom. The molecule has 0 spiro atoms. The van der Waals surface area contributed by atoms with Gasteiger partial charge in [-0.2, -0.15) is 0 Å². The van der Waals surface area contributed by atoms with E-state index in [1.807, 2.05) is 0 Å².